The SMILES string of the molecule is CCn1nc(C)c2c1OC(N)=C(C#N)C2c1ccc(N2CCCS2(=O)=O)cc1. The van der Waals surface area contributed by atoms with E-state index in [0.717, 1.165) is 16.8 Å². The van der Waals surface area contributed by atoms with E-state index >= 15 is 0 Å². The molecule has 1 saturated heterocycles. The fraction of sp³-hybridized carbons (Fsp3) is 0.368. The third kappa shape index (κ3) is 2.72. The zero-order chi connectivity index (χ0) is 20.1. The maximum Gasteiger partial charge on any atom is 0.235 e. The lowest BCUT2D eigenvalue weighted by atomic mass is 9.84. The normalized spacial score (nSPS) is 20.6. The van der Waals surface area contributed by atoms with Crippen molar-refractivity contribution in [2.75, 3.05) is 16.6 Å². The first-order valence-corrected chi connectivity index (χ1v) is 10.7. The van der Waals surface area contributed by atoms with Crippen molar-refractivity contribution in [3.8, 4) is 11.9 Å². The van der Waals surface area contributed by atoms with Gasteiger partial charge < -0.3 is 10.5 Å². The molecule has 1 unspecified atom stereocenters. The van der Waals surface area contributed by atoms with Crippen molar-refractivity contribution < 1.29 is 13.2 Å². The van der Waals surface area contributed by atoms with Crippen LogP contribution in [0, 0.1) is 18.3 Å². The lowest BCUT2D eigenvalue weighted by Gasteiger charge is -2.25. The maximum absolute atomic E-state index is 12.2. The van der Waals surface area contributed by atoms with Gasteiger partial charge in [-0.15, -0.1) is 0 Å². The summed E-state index contributed by atoms with van der Waals surface area (Å²) in [5.74, 6) is 0.387. The molecule has 3 heterocycles. The number of aromatic nitrogens is 2. The van der Waals surface area contributed by atoms with E-state index in [-0.39, 0.29) is 11.6 Å². The minimum atomic E-state index is -3.24. The van der Waals surface area contributed by atoms with Crippen molar-refractivity contribution in [3.63, 3.8) is 0 Å². The number of hydrogen-bond donors (Lipinski definition) is 1. The molecule has 0 aliphatic carbocycles. The van der Waals surface area contributed by atoms with Crippen LogP contribution in [0.2, 0.25) is 0 Å². The Kier molecular flexibility index (Phi) is 4.31. The van der Waals surface area contributed by atoms with E-state index in [2.05, 4.69) is 11.2 Å². The minimum absolute atomic E-state index is 0.0702. The van der Waals surface area contributed by atoms with E-state index in [0.29, 0.717) is 36.7 Å². The number of hydrogen-bond acceptors (Lipinski definition) is 6. The van der Waals surface area contributed by atoms with Crippen LogP contribution in [0.1, 0.15) is 36.1 Å². The van der Waals surface area contributed by atoms with Crippen LogP contribution in [0.15, 0.2) is 35.7 Å². The predicted molar refractivity (Wildman–Crippen MR) is 104 cm³/mol. The summed E-state index contributed by atoms with van der Waals surface area (Å²) in [5, 5.41) is 14.2. The number of benzene rings is 1. The Balaban J connectivity index is 1.80. The van der Waals surface area contributed by atoms with Gasteiger partial charge in [0.15, 0.2) is 0 Å². The molecule has 1 aromatic heterocycles. The molecule has 2 aromatic rings. The van der Waals surface area contributed by atoms with E-state index in [1.54, 1.807) is 16.8 Å². The molecule has 2 N–H and O–H groups in total. The molecule has 146 valence electrons. The van der Waals surface area contributed by atoms with Crippen LogP contribution in [0.3, 0.4) is 0 Å². The van der Waals surface area contributed by atoms with Crippen LogP contribution in [0.5, 0.6) is 5.88 Å². The molecule has 1 fully saturated rings. The Morgan fingerprint density at radius 2 is 2.07 bits per heavy atom. The zero-order valence-electron chi connectivity index (χ0n) is 15.7. The smallest absolute Gasteiger partial charge is 0.235 e. The van der Waals surface area contributed by atoms with Gasteiger partial charge in [-0.25, -0.2) is 13.1 Å². The molecule has 0 amide bonds. The van der Waals surface area contributed by atoms with Gasteiger partial charge >= 0.3 is 0 Å². The first-order chi connectivity index (χ1) is 13.4. The average Bonchev–Trinajstić information content (AvgIpc) is 3.19. The van der Waals surface area contributed by atoms with E-state index in [1.807, 2.05) is 26.0 Å². The summed E-state index contributed by atoms with van der Waals surface area (Å²) in [6.45, 7) is 4.94. The predicted octanol–water partition coefficient (Wildman–Crippen LogP) is 1.97. The minimum Gasteiger partial charge on any atom is -0.422 e. The van der Waals surface area contributed by atoms with Crippen molar-refractivity contribution in [1.82, 2.24) is 9.78 Å². The van der Waals surface area contributed by atoms with Gasteiger partial charge in [0.1, 0.15) is 11.6 Å². The molecule has 0 spiro atoms. The molecule has 0 radical (unpaired) electrons. The second-order valence-corrected chi connectivity index (χ2v) is 8.89. The Morgan fingerprint density at radius 3 is 2.64 bits per heavy atom. The third-order valence-corrected chi connectivity index (χ3v) is 7.08. The zero-order valence-corrected chi connectivity index (χ0v) is 16.5. The van der Waals surface area contributed by atoms with E-state index in [9.17, 15) is 13.7 Å². The van der Waals surface area contributed by atoms with Gasteiger partial charge in [0.05, 0.1) is 28.6 Å². The number of rotatable bonds is 3. The topological polar surface area (TPSA) is 114 Å². The number of fused-ring (bicyclic) bond motifs is 1. The van der Waals surface area contributed by atoms with Gasteiger partial charge in [0.25, 0.3) is 0 Å². The lowest BCUT2D eigenvalue weighted by molar-refractivity contribution is 0.350. The van der Waals surface area contributed by atoms with E-state index in [4.69, 9.17) is 10.5 Å². The standard InChI is InChI=1S/C19H21N5O3S/c1-3-23-19-16(12(2)22-23)17(15(11-20)18(21)27-19)13-5-7-14(8-6-13)24-9-4-10-28(24,25)26/h5-8,17H,3-4,9-10,21H2,1-2H3. The Hall–Kier alpha value is -2.99. The molecule has 8 nitrogen and oxygen atoms in total. The lowest BCUT2D eigenvalue weighted by Crippen LogP contribution is -2.25. The molecule has 1 atom stereocenters. The number of aryl methyl sites for hydroxylation is 2. The van der Waals surface area contributed by atoms with Gasteiger partial charge in [-0.1, -0.05) is 12.1 Å². The number of allylic oxidation sites excluding steroid dienone is 1. The van der Waals surface area contributed by atoms with Gasteiger partial charge in [-0.3, -0.25) is 4.31 Å². The molecule has 28 heavy (non-hydrogen) atoms. The molecule has 2 aliphatic heterocycles. The highest BCUT2D eigenvalue weighted by molar-refractivity contribution is 7.93. The molecule has 0 saturated carbocycles. The van der Waals surface area contributed by atoms with Crippen molar-refractivity contribution >= 4 is 15.7 Å². The van der Waals surface area contributed by atoms with Crippen molar-refractivity contribution in [1.29, 1.82) is 5.26 Å². The first-order valence-electron chi connectivity index (χ1n) is 9.12. The van der Waals surface area contributed by atoms with Crippen LogP contribution >= 0.6 is 0 Å². The number of nitrogens with two attached hydrogens (primary N) is 1. The number of nitriles is 1. The average molecular weight is 399 g/mol. The highest BCUT2D eigenvalue weighted by Crippen LogP contribution is 2.44. The second kappa shape index (κ2) is 6.56. The molecular weight excluding hydrogens is 378 g/mol. The molecule has 9 heteroatoms. The largest absolute Gasteiger partial charge is 0.422 e. The van der Waals surface area contributed by atoms with Gasteiger partial charge in [-0.2, -0.15) is 10.4 Å². The number of nitrogens with zero attached hydrogens (tertiary/aromatic N) is 4. The maximum atomic E-state index is 12.2. The first kappa shape index (κ1) is 18.4. The number of sulfonamides is 1. The summed E-state index contributed by atoms with van der Waals surface area (Å²) in [5.41, 5.74) is 9.41. The summed E-state index contributed by atoms with van der Waals surface area (Å²) in [4.78, 5) is 0. The monoisotopic (exact) mass is 399 g/mol. The summed E-state index contributed by atoms with van der Waals surface area (Å²) < 4.78 is 33.2. The number of ether oxygens (including phenoxy) is 1. The van der Waals surface area contributed by atoms with Gasteiger partial charge in [-0.05, 0) is 38.0 Å². The molecule has 0 bridgehead atoms. The van der Waals surface area contributed by atoms with E-state index in [1.165, 1.54) is 4.31 Å². The second-order valence-electron chi connectivity index (χ2n) is 6.88. The summed E-state index contributed by atoms with van der Waals surface area (Å²) in [7, 11) is -3.24. The van der Waals surface area contributed by atoms with E-state index < -0.39 is 15.9 Å². The van der Waals surface area contributed by atoms with Crippen molar-refractivity contribution in [2.45, 2.75) is 32.7 Å². The summed E-state index contributed by atoms with van der Waals surface area (Å²) >= 11 is 0. The highest BCUT2D eigenvalue weighted by Gasteiger charge is 2.36. The van der Waals surface area contributed by atoms with Gasteiger partial charge in [0, 0.05) is 13.1 Å². The molecule has 4 rings (SSSR count). The van der Waals surface area contributed by atoms with Crippen molar-refractivity contribution in [3.05, 3.63) is 52.5 Å². The van der Waals surface area contributed by atoms with Crippen molar-refractivity contribution in [2.24, 2.45) is 5.73 Å². The van der Waals surface area contributed by atoms with Gasteiger partial charge in [0.2, 0.25) is 21.8 Å². The van der Waals surface area contributed by atoms with Crippen LogP contribution in [0.25, 0.3) is 0 Å². The quantitative estimate of drug-likeness (QED) is 0.844. The van der Waals surface area contributed by atoms with Crippen LogP contribution in [-0.4, -0.2) is 30.5 Å². The van der Waals surface area contributed by atoms with Crippen LogP contribution < -0.4 is 14.8 Å². The van der Waals surface area contributed by atoms with Crippen LogP contribution in [-0.2, 0) is 16.6 Å². The Bertz CT molecular complexity index is 1110. The summed E-state index contributed by atoms with van der Waals surface area (Å²) in [6.07, 6.45) is 0.626. The Morgan fingerprint density at radius 1 is 1.36 bits per heavy atom. The molecular formula is C19H21N5O3S. The Labute approximate surface area is 163 Å². The fourth-order valence-electron chi connectivity index (χ4n) is 3.89. The third-order valence-electron chi connectivity index (χ3n) is 5.21. The highest BCUT2D eigenvalue weighted by atomic mass is 32.2. The molecule has 2 aliphatic rings. The fourth-order valence-corrected chi connectivity index (χ4v) is 5.45. The molecule has 1 aromatic carbocycles. The summed E-state index contributed by atoms with van der Waals surface area (Å²) in [6, 6.07) is 9.41. The van der Waals surface area contributed by atoms with Crippen LogP contribution in [0.4, 0.5) is 5.69 Å². The number of anilines is 1.